The summed E-state index contributed by atoms with van der Waals surface area (Å²) >= 11 is 1.68. The van der Waals surface area contributed by atoms with Crippen LogP contribution >= 0.6 is 11.9 Å². The molecular weight excluding hydrogens is 271 g/mol. The second-order valence-electron chi connectivity index (χ2n) is 5.54. The first-order valence-corrected chi connectivity index (χ1v) is 7.38. The second kappa shape index (κ2) is 6.37. The molecule has 20 heavy (non-hydrogen) atoms. The summed E-state index contributed by atoms with van der Waals surface area (Å²) in [5.41, 5.74) is 2.99. The van der Waals surface area contributed by atoms with Crippen molar-refractivity contribution in [2.75, 3.05) is 0 Å². The van der Waals surface area contributed by atoms with Crippen molar-refractivity contribution in [3.05, 3.63) is 54.1 Å². The molecule has 0 amide bonds. The maximum absolute atomic E-state index is 13.0. The maximum Gasteiger partial charge on any atom is 0.123 e. The third-order valence-electron chi connectivity index (χ3n) is 2.66. The van der Waals surface area contributed by atoms with Crippen molar-refractivity contribution >= 4 is 11.9 Å². The minimum absolute atomic E-state index is 0.158. The van der Waals surface area contributed by atoms with Gasteiger partial charge in [0.2, 0.25) is 0 Å². The molecule has 0 spiro atoms. The lowest BCUT2D eigenvalue weighted by Crippen LogP contribution is -2.17. The molecule has 4 heteroatoms. The highest BCUT2D eigenvalue weighted by Gasteiger charge is 2.11. The Morgan fingerprint density at radius 2 is 1.85 bits per heavy atom. The van der Waals surface area contributed by atoms with E-state index in [2.05, 4.69) is 30.5 Å². The Bertz CT molecular complexity index is 561. The number of benzene rings is 1. The molecule has 0 aliphatic carbocycles. The van der Waals surface area contributed by atoms with Crippen LogP contribution in [0.3, 0.4) is 0 Å². The van der Waals surface area contributed by atoms with Crippen molar-refractivity contribution in [2.45, 2.75) is 32.1 Å². The van der Waals surface area contributed by atoms with Crippen LogP contribution in [0.25, 0.3) is 11.1 Å². The van der Waals surface area contributed by atoms with Crippen molar-refractivity contribution in [3.8, 4) is 11.1 Å². The van der Waals surface area contributed by atoms with E-state index in [0.29, 0.717) is 6.54 Å². The van der Waals surface area contributed by atoms with Gasteiger partial charge in [0.25, 0.3) is 0 Å². The van der Waals surface area contributed by atoms with Crippen LogP contribution in [-0.2, 0) is 6.54 Å². The van der Waals surface area contributed by atoms with Crippen LogP contribution in [0, 0.1) is 5.82 Å². The van der Waals surface area contributed by atoms with Crippen LogP contribution < -0.4 is 4.72 Å². The predicted octanol–water partition coefficient (Wildman–Crippen LogP) is 4.42. The molecular formula is C16H19FN2S. The molecule has 1 aromatic heterocycles. The zero-order valence-electron chi connectivity index (χ0n) is 12.0. The topological polar surface area (TPSA) is 24.9 Å². The molecule has 0 aliphatic heterocycles. The zero-order valence-corrected chi connectivity index (χ0v) is 12.8. The lowest BCUT2D eigenvalue weighted by molar-refractivity contribution is 0.628. The quantitative estimate of drug-likeness (QED) is 0.844. The van der Waals surface area contributed by atoms with Gasteiger partial charge in [-0.1, -0.05) is 30.1 Å². The minimum atomic E-state index is -0.222. The third kappa shape index (κ3) is 4.32. The average Bonchev–Trinajstić information content (AvgIpc) is 2.39. The summed E-state index contributed by atoms with van der Waals surface area (Å²) in [4.78, 5) is 4.43. The molecule has 0 aliphatic rings. The first-order chi connectivity index (χ1) is 9.46. The molecule has 1 heterocycles. The summed E-state index contributed by atoms with van der Waals surface area (Å²) in [6.45, 7) is 7.15. The molecule has 2 rings (SSSR count). The summed E-state index contributed by atoms with van der Waals surface area (Å²) < 4.78 is 16.5. The van der Waals surface area contributed by atoms with Crippen molar-refractivity contribution < 1.29 is 4.39 Å². The van der Waals surface area contributed by atoms with Gasteiger partial charge in [-0.3, -0.25) is 9.71 Å². The van der Waals surface area contributed by atoms with Crippen LogP contribution in [0.4, 0.5) is 4.39 Å². The highest BCUT2D eigenvalue weighted by molar-refractivity contribution is 7.98. The minimum Gasteiger partial charge on any atom is -0.259 e. The lowest BCUT2D eigenvalue weighted by Gasteiger charge is -2.18. The monoisotopic (exact) mass is 290 g/mol. The summed E-state index contributed by atoms with van der Waals surface area (Å²) in [6.07, 6.45) is 1.78. The lowest BCUT2D eigenvalue weighted by atomic mass is 10.0. The van der Waals surface area contributed by atoms with E-state index in [1.165, 1.54) is 12.1 Å². The van der Waals surface area contributed by atoms with E-state index in [1.807, 2.05) is 12.1 Å². The average molecular weight is 290 g/mol. The number of aromatic nitrogens is 1. The van der Waals surface area contributed by atoms with Crippen molar-refractivity contribution in [1.82, 2.24) is 9.71 Å². The van der Waals surface area contributed by atoms with Crippen molar-refractivity contribution in [2.24, 2.45) is 0 Å². The number of pyridine rings is 1. The van der Waals surface area contributed by atoms with Gasteiger partial charge >= 0.3 is 0 Å². The van der Waals surface area contributed by atoms with Gasteiger partial charge in [-0.2, -0.15) is 0 Å². The van der Waals surface area contributed by atoms with Gasteiger partial charge in [0.05, 0.1) is 5.69 Å². The molecule has 0 radical (unpaired) electrons. The number of halogens is 1. The van der Waals surface area contributed by atoms with Crippen molar-refractivity contribution in [3.63, 3.8) is 0 Å². The molecule has 2 aromatic rings. The zero-order chi connectivity index (χ0) is 14.6. The first kappa shape index (κ1) is 15.0. The van der Waals surface area contributed by atoms with Crippen LogP contribution in [0.2, 0.25) is 0 Å². The standard InChI is InChI=1S/C16H19FN2S/c1-16(2,3)20-19-11-15-14(5-4-10-18-15)12-6-8-13(17)9-7-12/h4-10,19H,11H2,1-3H3. The van der Waals surface area contributed by atoms with Crippen LogP contribution in [0.5, 0.6) is 0 Å². The maximum atomic E-state index is 13.0. The fourth-order valence-corrected chi connectivity index (χ4v) is 2.43. The number of hydrogen-bond acceptors (Lipinski definition) is 3. The van der Waals surface area contributed by atoms with Crippen LogP contribution in [0.1, 0.15) is 26.5 Å². The molecule has 1 aromatic carbocycles. The van der Waals surface area contributed by atoms with Gasteiger partial charge in [-0.25, -0.2) is 4.39 Å². The Hall–Kier alpha value is -1.39. The van der Waals surface area contributed by atoms with Gasteiger partial charge in [-0.05, 0) is 44.5 Å². The third-order valence-corrected chi connectivity index (χ3v) is 3.56. The van der Waals surface area contributed by atoms with E-state index in [1.54, 1.807) is 30.3 Å². The fourth-order valence-electron chi connectivity index (χ4n) is 1.79. The van der Waals surface area contributed by atoms with E-state index in [0.717, 1.165) is 16.8 Å². The number of nitrogens with one attached hydrogen (secondary N) is 1. The van der Waals surface area contributed by atoms with Gasteiger partial charge in [0, 0.05) is 23.1 Å². The highest BCUT2D eigenvalue weighted by Crippen LogP contribution is 2.24. The molecule has 0 atom stereocenters. The molecule has 106 valence electrons. The number of nitrogens with zero attached hydrogens (tertiary/aromatic N) is 1. The SMILES string of the molecule is CC(C)(C)SNCc1ncccc1-c1ccc(F)cc1. The van der Waals surface area contributed by atoms with Crippen LogP contribution in [-0.4, -0.2) is 9.73 Å². The summed E-state index contributed by atoms with van der Waals surface area (Å²) in [5, 5.41) is 0. The molecule has 0 saturated carbocycles. The normalized spacial score (nSPS) is 11.6. The molecule has 0 bridgehead atoms. The van der Waals surface area contributed by atoms with E-state index >= 15 is 0 Å². The first-order valence-electron chi connectivity index (χ1n) is 6.56. The molecule has 2 nitrogen and oxygen atoms in total. The van der Waals surface area contributed by atoms with Crippen LogP contribution in [0.15, 0.2) is 42.6 Å². The molecule has 1 N–H and O–H groups in total. The van der Waals surface area contributed by atoms with E-state index < -0.39 is 0 Å². The highest BCUT2D eigenvalue weighted by atomic mass is 32.2. The molecule has 0 unspecified atom stereocenters. The summed E-state index contributed by atoms with van der Waals surface area (Å²) in [5.74, 6) is -0.222. The van der Waals surface area contributed by atoms with E-state index in [4.69, 9.17) is 0 Å². The van der Waals surface area contributed by atoms with Gasteiger partial charge < -0.3 is 0 Å². The Kier molecular flexibility index (Phi) is 4.78. The smallest absolute Gasteiger partial charge is 0.123 e. The van der Waals surface area contributed by atoms with Crippen molar-refractivity contribution in [1.29, 1.82) is 0 Å². The van der Waals surface area contributed by atoms with Gasteiger partial charge in [0.1, 0.15) is 5.82 Å². The van der Waals surface area contributed by atoms with Gasteiger partial charge in [0.15, 0.2) is 0 Å². The number of hydrogen-bond donors (Lipinski definition) is 1. The summed E-state index contributed by atoms with van der Waals surface area (Å²) in [7, 11) is 0. The van der Waals surface area contributed by atoms with Gasteiger partial charge in [-0.15, -0.1) is 0 Å². The summed E-state index contributed by atoms with van der Waals surface area (Å²) in [6, 6.07) is 10.4. The predicted molar refractivity (Wildman–Crippen MR) is 83.8 cm³/mol. The molecule has 0 fully saturated rings. The molecule has 0 saturated heterocycles. The number of rotatable bonds is 4. The fraction of sp³-hybridized carbons (Fsp3) is 0.312. The largest absolute Gasteiger partial charge is 0.259 e. The second-order valence-corrected chi connectivity index (χ2v) is 7.26. The Balaban J connectivity index is 2.16. The van der Waals surface area contributed by atoms with E-state index in [9.17, 15) is 4.39 Å². The Labute approximate surface area is 124 Å². The Morgan fingerprint density at radius 3 is 2.50 bits per heavy atom. The Morgan fingerprint density at radius 1 is 1.15 bits per heavy atom. The van der Waals surface area contributed by atoms with E-state index in [-0.39, 0.29) is 10.6 Å².